The monoisotopic (exact) mass is 182 g/mol. The minimum atomic E-state index is 1.03. The van der Waals surface area contributed by atoms with Crippen molar-refractivity contribution in [2.75, 3.05) is 27.7 Å². The van der Waals surface area contributed by atoms with Crippen LogP contribution in [0.4, 0.5) is 0 Å². The van der Waals surface area contributed by atoms with Gasteiger partial charge in [0.15, 0.2) is 0 Å². The highest BCUT2D eigenvalue weighted by Gasteiger charge is 1.91. The summed E-state index contributed by atoms with van der Waals surface area (Å²) in [6.45, 7) is 3.33. The first-order valence-corrected chi connectivity index (χ1v) is 4.79. The van der Waals surface area contributed by atoms with Gasteiger partial charge in [-0.15, -0.1) is 0 Å². The van der Waals surface area contributed by atoms with E-state index in [4.69, 9.17) is 0 Å². The van der Waals surface area contributed by atoms with E-state index in [1.807, 2.05) is 13.2 Å². The van der Waals surface area contributed by atoms with Gasteiger partial charge in [-0.2, -0.15) is 0 Å². The van der Waals surface area contributed by atoms with Crippen LogP contribution in [0.1, 0.15) is 19.8 Å². The van der Waals surface area contributed by atoms with E-state index in [-0.39, 0.29) is 0 Å². The van der Waals surface area contributed by atoms with E-state index in [1.165, 1.54) is 12.0 Å². The first-order valence-electron chi connectivity index (χ1n) is 4.79. The molecule has 0 aromatic rings. The summed E-state index contributed by atoms with van der Waals surface area (Å²) in [5.41, 5.74) is 1.47. The lowest BCUT2D eigenvalue weighted by molar-refractivity contribution is 0.413. The van der Waals surface area contributed by atoms with Gasteiger partial charge in [0.2, 0.25) is 0 Å². The van der Waals surface area contributed by atoms with Crippen molar-refractivity contribution in [1.82, 2.24) is 10.2 Å². The maximum atomic E-state index is 2.97. The van der Waals surface area contributed by atoms with Crippen molar-refractivity contribution in [3.63, 3.8) is 0 Å². The van der Waals surface area contributed by atoms with Crippen LogP contribution in [0.15, 0.2) is 23.9 Å². The number of hydrogen-bond donors (Lipinski definition) is 1. The Morgan fingerprint density at radius 1 is 1.38 bits per heavy atom. The quantitative estimate of drug-likeness (QED) is 0.632. The summed E-state index contributed by atoms with van der Waals surface area (Å²) in [5, 5.41) is 2.97. The van der Waals surface area contributed by atoms with Crippen molar-refractivity contribution in [1.29, 1.82) is 0 Å². The fraction of sp³-hybridized carbons (Fsp3) is 0.636. The van der Waals surface area contributed by atoms with Crippen molar-refractivity contribution in [3.05, 3.63) is 23.9 Å². The molecule has 0 radical (unpaired) electrons. The molecule has 0 fully saturated rings. The molecule has 0 aliphatic heterocycles. The van der Waals surface area contributed by atoms with Crippen LogP contribution in [0.3, 0.4) is 0 Å². The van der Waals surface area contributed by atoms with Gasteiger partial charge in [-0.05, 0) is 40.1 Å². The fourth-order valence-corrected chi connectivity index (χ4v) is 0.957. The molecule has 0 saturated heterocycles. The number of rotatable bonds is 6. The number of hydrogen-bond acceptors (Lipinski definition) is 2. The Balaban J connectivity index is 3.57. The van der Waals surface area contributed by atoms with Crippen LogP contribution >= 0.6 is 0 Å². The highest BCUT2D eigenvalue weighted by molar-refractivity contribution is 5.02. The Hall–Kier alpha value is -0.760. The van der Waals surface area contributed by atoms with E-state index in [0.29, 0.717) is 0 Å². The van der Waals surface area contributed by atoms with Gasteiger partial charge in [0.1, 0.15) is 0 Å². The third-order valence-corrected chi connectivity index (χ3v) is 1.84. The molecular formula is C11H22N2. The summed E-state index contributed by atoms with van der Waals surface area (Å²) < 4.78 is 0. The zero-order valence-corrected chi connectivity index (χ0v) is 9.30. The molecule has 1 N–H and O–H groups in total. The topological polar surface area (TPSA) is 15.3 Å². The van der Waals surface area contributed by atoms with E-state index in [1.54, 1.807) is 0 Å². The smallest absolute Gasteiger partial charge is 0.00276 e. The van der Waals surface area contributed by atoms with Crippen molar-refractivity contribution in [2.45, 2.75) is 19.8 Å². The second-order valence-corrected chi connectivity index (χ2v) is 3.53. The molecule has 13 heavy (non-hydrogen) atoms. The second kappa shape index (κ2) is 7.87. The van der Waals surface area contributed by atoms with Crippen LogP contribution in [0.2, 0.25) is 0 Å². The standard InChI is InChI=1S/C11H22N2/c1-11(8-10-13(3)4)7-5-6-9-12-2/h6-7,9,12H,5,8,10H2,1-4H3/b9-6-,11-7-. The molecule has 0 unspecified atom stereocenters. The van der Waals surface area contributed by atoms with Gasteiger partial charge in [0, 0.05) is 13.6 Å². The predicted octanol–water partition coefficient (Wildman–Crippen LogP) is 2.01. The maximum Gasteiger partial charge on any atom is 0.00276 e. The molecule has 0 atom stereocenters. The van der Waals surface area contributed by atoms with Gasteiger partial charge in [-0.25, -0.2) is 0 Å². The molecule has 2 nitrogen and oxygen atoms in total. The third kappa shape index (κ3) is 9.15. The lowest BCUT2D eigenvalue weighted by atomic mass is 10.2. The molecule has 0 aromatic carbocycles. The Morgan fingerprint density at radius 3 is 2.62 bits per heavy atom. The predicted molar refractivity (Wildman–Crippen MR) is 59.7 cm³/mol. The van der Waals surface area contributed by atoms with E-state index in [9.17, 15) is 0 Å². The SMILES string of the molecule is CN/C=C\C/C=C(/C)CCN(C)C. The lowest BCUT2D eigenvalue weighted by Crippen LogP contribution is -2.12. The second-order valence-electron chi connectivity index (χ2n) is 3.53. The molecule has 0 aliphatic rings. The average molecular weight is 182 g/mol. The van der Waals surface area contributed by atoms with Crippen LogP contribution in [0.25, 0.3) is 0 Å². The largest absolute Gasteiger partial charge is 0.394 e. The van der Waals surface area contributed by atoms with E-state index >= 15 is 0 Å². The normalized spacial score (nSPS) is 12.8. The van der Waals surface area contributed by atoms with Crippen molar-refractivity contribution in [2.24, 2.45) is 0 Å². The number of nitrogens with one attached hydrogen (secondary N) is 1. The molecule has 0 aromatic heterocycles. The summed E-state index contributed by atoms with van der Waals surface area (Å²) in [7, 11) is 6.13. The molecule has 0 bridgehead atoms. The Bertz CT molecular complexity index is 169. The molecule has 0 rings (SSSR count). The van der Waals surface area contributed by atoms with Gasteiger partial charge in [-0.3, -0.25) is 0 Å². The average Bonchev–Trinajstić information content (AvgIpc) is 2.09. The summed E-state index contributed by atoms with van der Waals surface area (Å²) in [6.07, 6.45) is 8.56. The lowest BCUT2D eigenvalue weighted by Gasteiger charge is -2.08. The Labute approximate surface area is 82.3 Å². The van der Waals surface area contributed by atoms with Crippen LogP contribution in [0.5, 0.6) is 0 Å². The highest BCUT2D eigenvalue weighted by atomic mass is 15.0. The minimum absolute atomic E-state index is 1.03. The molecule has 0 amide bonds. The molecule has 0 aliphatic carbocycles. The zero-order chi connectivity index (χ0) is 10.1. The highest BCUT2D eigenvalue weighted by Crippen LogP contribution is 2.02. The fourth-order valence-electron chi connectivity index (χ4n) is 0.957. The van der Waals surface area contributed by atoms with E-state index in [2.05, 4.69) is 43.4 Å². The van der Waals surface area contributed by atoms with Crippen molar-refractivity contribution in [3.8, 4) is 0 Å². The number of allylic oxidation sites excluding steroid dienone is 2. The summed E-state index contributed by atoms with van der Waals surface area (Å²) in [6, 6.07) is 0. The maximum absolute atomic E-state index is 2.97. The van der Waals surface area contributed by atoms with E-state index in [0.717, 1.165) is 13.0 Å². The van der Waals surface area contributed by atoms with Crippen LogP contribution in [0, 0.1) is 0 Å². The Kier molecular flexibility index (Phi) is 7.41. The Morgan fingerprint density at radius 2 is 2.08 bits per heavy atom. The van der Waals surface area contributed by atoms with Crippen molar-refractivity contribution >= 4 is 0 Å². The molecule has 0 spiro atoms. The van der Waals surface area contributed by atoms with Gasteiger partial charge in [0.05, 0.1) is 0 Å². The first-order chi connectivity index (χ1) is 6.16. The third-order valence-electron chi connectivity index (χ3n) is 1.84. The zero-order valence-electron chi connectivity index (χ0n) is 9.30. The van der Waals surface area contributed by atoms with E-state index < -0.39 is 0 Å². The van der Waals surface area contributed by atoms with Gasteiger partial charge in [-0.1, -0.05) is 17.7 Å². The molecule has 0 heterocycles. The summed E-state index contributed by atoms with van der Waals surface area (Å²) in [4.78, 5) is 2.21. The van der Waals surface area contributed by atoms with Gasteiger partial charge < -0.3 is 10.2 Å². The molecule has 76 valence electrons. The molecule has 2 heteroatoms. The first kappa shape index (κ1) is 12.2. The minimum Gasteiger partial charge on any atom is -0.394 e. The summed E-state index contributed by atoms with van der Waals surface area (Å²) in [5.74, 6) is 0. The molecular weight excluding hydrogens is 160 g/mol. The van der Waals surface area contributed by atoms with Crippen LogP contribution < -0.4 is 5.32 Å². The summed E-state index contributed by atoms with van der Waals surface area (Å²) >= 11 is 0. The van der Waals surface area contributed by atoms with Crippen molar-refractivity contribution < 1.29 is 0 Å². The molecule has 0 saturated carbocycles. The van der Waals surface area contributed by atoms with Gasteiger partial charge in [0.25, 0.3) is 0 Å². The van der Waals surface area contributed by atoms with Crippen LogP contribution in [-0.2, 0) is 0 Å². The number of nitrogens with zero attached hydrogens (tertiary/aromatic N) is 1. The van der Waals surface area contributed by atoms with Crippen LogP contribution in [-0.4, -0.2) is 32.6 Å². The van der Waals surface area contributed by atoms with Gasteiger partial charge >= 0.3 is 0 Å².